The van der Waals surface area contributed by atoms with Gasteiger partial charge in [0.1, 0.15) is 12.8 Å². The number of hydrogen-bond donors (Lipinski definition) is 0. The van der Waals surface area contributed by atoms with E-state index in [1.807, 2.05) is 48.1 Å². The summed E-state index contributed by atoms with van der Waals surface area (Å²) < 4.78 is 7.39. The van der Waals surface area contributed by atoms with Crippen LogP contribution in [0.15, 0.2) is 36.5 Å². The van der Waals surface area contributed by atoms with E-state index in [1.54, 1.807) is 0 Å². The number of carbonyl (C=O) groups excluding carboxylic acids is 1. The van der Waals surface area contributed by atoms with Gasteiger partial charge in [-0.2, -0.15) is 0 Å². The molecule has 0 aliphatic heterocycles. The lowest BCUT2D eigenvalue weighted by molar-refractivity contribution is -0.644. The zero-order valence-electron chi connectivity index (χ0n) is 11.6. The van der Waals surface area contributed by atoms with E-state index in [2.05, 4.69) is 6.92 Å². The molecule has 0 aliphatic rings. The number of esters is 1. The van der Waals surface area contributed by atoms with Gasteiger partial charge in [-0.3, -0.25) is 4.79 Å². The highest BCUT2D eigenvalue weighted by molar-refractivity contribution is 5.79. The average molecular weight is 258 g/mol. The molecule has 100 valence electrons. The van der Waals surface area contributed by atoms with Crippen LogP contribution in [0.5, 0.6) is 5.75 Å². The van der Waals surface area contributed by atoms with Crippen LogP contribution < -0.4 is 9.30 Å². The molecule has 3 nitrogen and oxygen atoms in total. The van der Waals surface area contributed by atoms with E-state index in [9.17, 15) is 4.79 Å². The Morgan fingerprint density at radius 1 is 1.26 bits per heavy atom. The molecule has 0 saturated heterocycles. The van der Waals surface area contributed by atoms with Gasteiger partial charge < -0.3 is 4.74 Å². The van der Waals surface area contributed by atoms with Crippen LogP contribution in [0.1, 0.15) is 32.6 Å². The van der Waals surface area contributed by atoms with Gasteiger partial charge in [-0.1, -0.05) is 19.8 Å². The Hall–Kier alpha value is -1.90. The summed E-state index contributed by atoms with van der Waals surface area (Å²) in [5, 5.41) is 1.13. The first kappa shape index (κ1) is 13.5. The first-order valence-corrected chi connectivity index (χ1v) is 6.80. The quantitative estimate of drug-likeness (QED) is 0.357. The van der Waals surface area contributed by atoms with E-state index >= 15 is 0 Å². The maximum atomic E-state index is 11.7. The SMILES string of the molecule is CCCCCC(=O)Oc1ccc2ccc[n+](C)c2c1. The minimum Gasteiger partial charge on any atom is -0.426 e. The van der Waals surface area contributed by atoms with Crippen molar-refractivity contribution in [3.63, 3.8) is 0 Å². The number of aromatic nitrogens is 1. The highest BCUT2D eigenvalue weighted by Gasteiger charge is 2.09. The molecule has 19 heavy (non-hydrogen) atoms. The fourth-order valence-corrected chi connectivity index (χ4v) is 2.09. The molecular formula is C16H20NO2+. The van der Waals surface area contributed by atoms with Crippen LogP contribution >= 0.6 is 0 Å². The summed E-state index contributed by atoms with van der Waals surface area (Å²) in [7, 11) is 1.98. The zero-order chi connectivity index (χ0) is 13.7. The van der Waals surface area contributed by atoms with Gasteiger partial charge >= 0.3 is 5.97 Å². The van der Waals surface area contributed by atoms with Crippen LogP contribution in [-0.2, 0) is 11.8 Å². The number of unbranched alkanes of at least 4 members (excludes halogenated alkanes) is 2. The molecule has 0 radical (unpaired) electrons. The zero-order valence-corrected chi connectivity index (χ0v) is 11.6. The molecule has 0 amide bonds. The van der Waals surface area contributed by atoms with E-state index < -0.39 is 0 Å². The van der Waals surface area contributed by atoms with Gasteiger partial charge in [-0.25, -0.2) is 4.57 Å². The van der Waals surface area contributed by atoms with Crippen molar-refractivity contribution in [1.82, 2.24) is 0 Å². The molecule has 0 atom stereocenters. The van der Waals surface area contributed by atoms with Crippen LogP contribution in [0.4, 0.5) is 0 Å². The number of hydrogen-bond acceptors (Lipinski definition) is 2. The average Bonchev–Trinajstić information content (AvgIpc) is 2.40. The number of ether oxygens (including phenoxy) is 1. The van der Waals surface area contributed by atoms with E-state index in [0.717, 1.165) is 30.2 Å². The summed E-state index contributed by atoms with van der Waals surface area (Å²) >= 11 is 0. The predicted molar refractivity (Wildman–Crippen MR) is 74.9 cm³/mol. The molecule has 1 aromatic heterocycles. The van der Waals surface area contributed by atoms with E-state index in [1.165, 1.54) is 0 Å². The third-order valence-electron chi connectivity index (χ3n) is 3.18. The molecule has 0 saturated carbocycles. The molecule has 1 aromatic carbocycles. The van der Waals surface area contributed by atoms with Crippen molar-refractivity contribution in [2.24, 2.45) is 7.05 Å². The first-order chi connectivity index (χ1) is 9.20. The molecule has 0 N–H and O–H groups in total. The number of benzene rings is 1. The number of fused-ring (bicyclic) bond motifs is 1. The van der Waals surface area contributed by atoms with Crippen LogP contribution in [-0.4, -0.2) is 5.97 Å². The van der Waals surface area contributed by atoms with E-state index in [-0.39, 0.29) is 5.97 Å². The van der Waals surface area contributed by atoms with Gasteiger partial charge in [0.15, 0.2) is 6.20 Å². The third kappa shape index (κ3) is 3.53. The number of pyridine rings is 1. The van der Waals surface area contributed by atoms with E-state index in [0.29, 0.717) is 12.2 Å². The second-order valence-electron chi connectivity index (χ2n) is 4.77. The van der Waals surface area contributed by atoms with Crippen molar-refractivity contribution in [3.8, 4) is 5.75 Å². The Balaban J connectivity index is 2.09. The van der Waals surface area contributed by atoms with Gasteiger partial charge in [0.2, 0.25) is 5.52 Å². The summed E-state index contributed by atoms with van der Waals surface area (Å²) in [4.78, 5) is 11.7. The molecule has 2 aromatic rings. The molecule has 3 heteroatoms. The second kappa shape index (κ2) is 6.32. The Bertz CT molecular complexity index is 578. The number of carbonyl (C=O) groups is 1. The first-order valence-electron chi connectivity index (χ1n) is 6.80. The van der Waals surface area contributed by atoms with Crippen molar-refractivity contribution in [2.75, 3.05) is 0 Å². The largest absolute Gasteiger partial charge is 0.426 e. The minimum atomic E-state index is -0.147. The fourth-order valence-electron chi connectivity index (χ4n) is 2.09. The van der Waals surface area contributed by atoms with Crippen LogP contribution in [0, 0.1) is 0 Å². The molecule has 0 unspecified atom stereocenters. The summed E-state index contributed by atoms with van der Waals surface area (Å²) in [5.41, 5.74) is 1.06. The molecule has 0 spiro atoms. The monoisotopic (exact) mass is 258 g/mol. The van der Waals surface area contributed by atoms with Gasteiger partial charge in [0, 0.05) is 17.9 Å². The lowest BCUT2D eigenvalue weighted by atomic mass is 10.2. The summed E-state index contributed by atoms with van der Waals surface area (Å²) in [5.74, 6) is 0.474. The molecular weight excluding hydrogens is 238 g/mol. The maximum absolute atomic E-state index is 11.7. The molecule has 1 heterocycles. The van der Waals surface area contributed by atoms with Crippen molar-refractivity contribution in [2.45, 2.75) is 32.6 Å². The lowest BCUT2D eigenvalue weighted by Crippen LogP contribution is -2.27. The molecule has 0 bridgehead atoms. The Labute approximate surface area is 113 Å². The number of nitrogens with zero attached hydrogens (tertiary/aromatic N) is 1. The van der Waals surface area contributed by atoms with Crippen molar-refractivity contribution in [1.29, 1.82) is 0 Å². The van der Waals surface area contributed by atoms with Gasteiger partial charge in [0.05, 0.1) is 6.07 Å². The second-order valence-corrected chi connectivity index (χ2v) is 4.77. The Morgan fingerprint density at radius 2 is 2.11 bits per heavy atom. The maximum Gasteiger partial charge on any atom is 0.311 e. The van der Waals surface area contributed by atoms with Gasteiger partial charge in [0.25, 0.3) is 0 Å². The van der Waals surface area contributed by atoms with Crippen molar-refractivity contribution in [3.05, 3.63) is 36.5 Å². The molecule has 0 aliphatic carbocycles. The predicted octanol–water partition coefficient (Wildman–Crippen LogP) is 3.15. The van der Waals surface area contributed by atoms with Crippen molar-refractivity contribution < 1.29 is 14.1 Å². The summed E-state index contributed by atoms with van der Waals surface area (Å²) in [6, 6.07) is 9.78. The Morgan fingerprint density at radius 3 is 2.89 bits per heavy atom. The van der Waals surface area contributed by atoms with Crippen LogP contribution in [0.3, 0.4) is 0 Å². The highest BCUT2D eigenvalue weighted by atomic mass is 16.5. The Kier molecular flexibility index (Phi) is 4.50. The molecule has 0 fully saturated rings. The summed E-state index contributed by atoms with van der Waals surface area (Å²) in [6.45, 7) is 2.12. The highest BCUT2D eigenvalue weighted by Crippen LogP contribution is 2.18. The van der Waals surface area contributed by atoms with Gasteiger partial charge in [-0.05, 0) is 24.6 Å². The van der Waals surface area contributed by atoms with Crippen molar-refractivity contribution >= 4 is 16.9 Å². The smallest absolute Gasteiger partial charge is 0.311 e. The molecule has 2 rings (SSSR count). The van der Waals surface area contributed by atoms with Gasteiger partial charge in [-0.15, -0.1) is 0 Å². The van der Waals surface area contributed by atoms with Crippen LogP contribution in [0.2, 0.25) is 0 Å². The third-order valence-corrected chi connectivity index (χ3v) is 3.18. The van der Waals surface area contributed by atoms with E-state index in [4.69, 9.17) is 4.74 Å². The summed E-state index contributed by atoms with van der Waals surface area (Å²) in [6.07, 6.45) is 5.56. The standard InChI is InChI=1S/C16H20NO2/c1-3-4-5-8-16(18)19-14-10-9-13-7-6-11-17(2)15(13)12-14/h6-7,9-12H,3-5,8H2,1-2H3/q+1. The minimum absolute atomic E-state index is 0.147. The van der Waals surface area contributed by atoms with Crippen LogP contribution in [0.25, 0.3) is 10.9 Å². The number of rotatable bonds is 5. The topological polar surface area (TPSA) is 30.2 Å². The lowest BCUT2D eigenvalue weighted by Gasteiger charge is -2.04. The fraction of sp³-hybridized carbons (Fsp3) is 0.375. The normalized spacial score (nSPS) is 10.6. The number of aryl methyl sites for hydroxylation is 1.